The van der Waals surface area contributed by atoms with E-state index in [4.69, 9.17) is 9.73 Å². The zero-order valence-corrected chi connectivity index (χ0v) is 21.0. The molecule has 0 aromatic heterocycles. The number of nitrogens with one attached hydrogen (secondary N) is 2. The highest BCUT2D eigenvalue weighted by molar-refractivity contribution is 14.0. The number of hydrogen-bond acceptors (Lipinski definition) is 3. The third-order valence-electron chi connectivity index (χ3n) is 6.56. The number of amides is 1. The molecular weight excluding hydrogens is 503 g/mol. The predicted octanol–water partition coefficient (Wildman–Crippen LogP) is 3.52. The van der Waals surface area contributed by atoms with Gasteiger partial charge in [-0.05, 0) is 49.8 Å². The lowest BCUT2D eigenvalue weighted by atomic mass is 9.88. The van der Waals surface area contributed by atoms with E-state index in [-0.39, 0.29) is 35.9 Å². The summed E-state index contributed by atoms with van der Waals surface area (Å²) in [5.74, 6) is 2.53. The second-order valence-electron chi connectivity index (χ2n) is 8.80. The number of fused-ring (bicyclic) bond motifs is 1. The first kappa shape index (κ1) is 24.1. The quantitative estimate of drug-likeness (QED) is 0.330. The Morgan fingerprint density at radius 2 is 2.06 bits per heavy atom. The van der Waals surface area contributed by atoms with Gasteiger partial charge in [-0.1, -0.05) is 31.4 Å². The van der Waals surface area contributed by atoms with Gasteiger partial charge in [0.1, 0.15) is 5.75 Å². The van der Waals surface area contributed by atoms with Crippen LogP contribution in [-0.4, -0.2) is 55.6 Å². The van der Waals surface area contributed by atoms with Crippen LogP contribution >= 0.6 is 24.0 Å². The molecule has 0 spiro atoms. The van der Waals surface area contributed by atoms with Crippen molar-refractivity contribution in [3.8, 4) is 5.75 Å². The van der Waals surface area contributed by atoms with Gasteiger partial charge in [-0.25, -0.2) is 0 Å². The summed E-state index contributed by atoms with van der Waals surface area (Å²) in [5.41, 5.74) is 2.62. The van der Waals surface area contributed by atoms with Crippen LogP contribution in [0.15, 0.2) is 23.2 Å². The number of likely N-dealkylation sites (tertiary alicyclic amines) is 1. The number of nitrogens with zero attached hydrogens (tertiary/aromatic N) is 2. The number of carbonyl (C=O) groups is 1. The third kappa shape index (κ3) is 6.49. The number of ether oxygens (including phenoxy) is 1. The topological polar surface area (TPSA) is 66.0 Å². The van der Waals surface area contributed by atoms with E-state index in [2.05, 4.69) is 40.7 Å². The van der Waals surface area contributed by atoms with E-state index in [1.54, 1.807) is 0 Å². The van der Waals surface area contributed by atoms with Crippen molar-refractivity contribution in [3.63, 3.8) is 0 Å². The first-order valence-corrected chi connectivity index (χ1v) is 11.8. The molecule has 0 bridgehead atoms. The largest absolute Gasteiger partial charge is 0.493 e. The molecule has 2 aliphatic heterocycles. The molecule has 1 unspecified atom stereocenters. The summed E-state index contributed by atoms with van der Waals surface area (Å²) >= 11 is 0. The Balaban J connectivity index is 0.00000272. The summed E-state index contributed by atoms with van der Waals surface area (Å²) in [6.45, 7) is 6.12. The van der Waals surface area contributed by atoms with Crippen LogP contribution in [0.5, 0.6) is 5.75 Å². The maximum atomic E-state index is 12.8. The van der Waals surface area contributed by atoms with Gasteiger partial charge >= 0.3 is 0 Å². The molecule has 1 aromatic carbocycles. The van der Waals surface area contributed by atoms with Crippen LogP contribution in [0, 0.1) is 5.92 Å². The van der Waals surface area contributed by atoms with E-state index < -0.39 is 0 Å². The van der Waals surface area contributed by atoms with Gasteiger partial charge in [0.2, 0.25) is 5.91 Å². The van der Waals surface area contributed by atoms with Gasteiger partial charge in [-0.3, -0.25) is 9.79 Å². The van der Waals surface area contributed by atoms with Crippen LogP contribution in [-0.2, 0) is 17.6 Å². The Kier molecular flexibility index (Phi) is 9.29. The van der Waals surface area contributed by atoms with Crippen molar-refractivity contribution in [1.82, 2.24) is 15.5 Å². The number of benzene rings is 1. The van der Waals surface area contributed by atoms with E-state index in [0.717, 1.165) is 76.6 Å². The summed E-state index contributed by atoms with van der Waals surface area (Å²) in [6, 6.07) is 6.77. The lowest BCUT2D eigenvalue weighted by Crippen LogP contribution is -2.45. The zero-order chi connectivity index (χ0) is 20.8. The van der Waals surface area contributed by atoms with Crippen LogP contribution in [0.1, 0.15) is 56.6 Å². The van der Waals surface area contributed by atoms with Crippen molar-refractivity contribution in [1.29, 1.82) is 0 Å². The van der Waals surface area contributed by atoms with Crippen molar-refractivity contribution >= 4 is 35.8 Å². The molecule has 1 aromatic rings. The molecule has 1 saturated carbocycles. The highest BCUT2D eigenvalue weighted by Gasteiger charge is 2.31. The third-order valence-corrected chi connectivity index (χ3v) is 6.56. The monoisotopic (exact) mass is 540 g/mol. The SMILES string of the molecule is CCNC(=NCCc1ccc2c(c1)CCO2)NC1CCN(C(=O)C2CCCCC2)C1.I. The molecule has 1 atom stereocenters. The molecule has 2 N–H and O–H groups in total. The van der Waals surface area contributed by atoms with Crippen LogP contribution < -0.4 is 15.4 Å². The molecule has 2 fully saturated rings. The maximum absolute atomic E-state index is 12.8. The minimum absolute atomic E-state index is 0. The van der Waals surface area contributed by atoms with Crippen molar-refractivity contribution in [3.05, 3.63) is 29.3 Å². The van der Waals surface area contributed by atoms with Crippen molar-refractivity contribution in [2.24, 2.45) is 10.9 Å². The Bertz CT molecular complexity index is 764. The molecule has 3 aliphatic rings. The molecule has 172 valence electrons. The van der Waals surface area contributed by atoms with Crippen LogP contribution in [0.25, 0.3) is 0 Å². The maximum Gasteiger partial charge on any atom is 0.225 e. The molecule has 0 radical (unpaired) electrons. The number of aliphatic imine (C=N–C) groups is 1. The van der Waals surface area contributed by atoms with Crippen molar-refractivity contribution in [2.75, 3.05) is 32.8 Å². The van der Waals surface area contributed by atoms with Gasteiger partial charge in [0, 0.05) is 44.6 Å². The highest BCUT2D eigenvalue weighted by atomic mass is 127. The standard InChI is InChI=1S/C24H36N4O2.HI/c1-2-25-24(26-13-10-18-8-9-22-20(16-18)12-15-30-22)27-21-11-14-28(17-21)23(29)19-6-4-3-5-7-19;/h8-9,16,19,21H,2-7,10-15,17H2,1H3,(H2,25,26,27);1H. The molecule has 1 aliphatic carbocycles. The first-order valence-electron chi connectivity index (χ1n) is 11.8. The van der Waals surface area contributed by atoms with Gasteiger partial charge < -0.3 is 20.3 Å². The fourth-order valence-corrected chi connectivity index (χ4v) is 4.89. The minimum atomic E-state index is 0. The first-order chi connectivity index (χ1) is 14.7. The second kappa shape index (κ2) is 11.9. The number of hydrogen-bond donors (Lipinski definition) is 2. The van der Waals surface area contributed by atoms with E-state index in [1.807, 2.05) is 0 Å². The zero-order valence-electron chi connectivity index (χ0n) is 18.7. The van der Waals surface area contributed by atoms with E-state index in [9.17, 15) is 4.79 Å². The fourth-order valence-electron chi connectivity index (χ4n) is 4.89. The Labute approximate surface area is 203 Å². The number of carbonyl (C=O) groups excluding carboxylic acids is 1. The molecule has 1 amide bonds. The molecule has 4 rings (SSSR count). The average molecular weight is 540 g/mol. The van der Waals surface area contributed by atoms with Crippen LogP contribution in [0.3, 0.4) is 0 Å². The Hall–Kier alpha value is -1.51. The summed E-state index contributed by atoms with van der Waals surface area (Å²) in [7, 11) is 0. The van der Waals surface area contributed by atoms with Gasteiger partial charge in [-0.2, -0.15) is 0 Å². The summed E-state index contributed by atoms with van der Waals surface area (Å²) < 4.78 is 5.59. The summed E-state index contributed by atoms with van der Waals surface area (Å²) in [4.78, 5) is 19.7. The predicted molar refractivity (Wildman–Crippen MR) is 135 cm³/mol. The fraction of sp³-hybridized carbons (Fsp3) is 0.667. The normalized spacial score (nSPS) is 21.3. The number of rotatable bonds is 6. The number of halogens is 1. The lowest BCUT2D eigenvalue weighted by molar-refractivity contribution is -0.135. The summed E-state index contributed by atoms with van der Waals surface area (Å²) in [5, 5.41) is 6.92. The van der Waals surface area contributed by atoms with Gasteiger partial charge in [0.25, 0.3) is 0 Å². The van der Waals surface area contributed by atoms with E-state index in [0.29, 0.717) is 5.91 Å². The van der Waals surface area contributed by atoms with E-state index in [1.165, 1.54) is 30.4 Å². The van der Waals surface area contributed by atoms with Gasteiger partial charge in [0.05, 0.1) is 6.61 Å². The average Bonchev–Trinajstić information content (AvgIpc) is 3.43. The molecule has 31 heavy (non-hydrogen) atoms. The molecular formula is C24H37IN4O2. The summed E-state index contributed by atoms with van der Waals surface area (Å²) in [6.07, 6.45) is 8.78. The minimum Gasteiger partial charge on any atom is -0.493 e. The van der Waals surface area contributed by atoms with Crippen LogP contribution in [0.2, 0.25) is 0 Å². The van der Waals surface area contributed by atoms with Gasteiger partial charge in [0.15, 0.2) is 5.96 Å². The van der Waals surface area contributed by atoms with Crippen LogP contribution in [0.4, 0.5) is 0 Å². The highest BCUT2D eigenvalue weighted by Crippen LogP contribution is 2.27. The number of guanidine groups is 1. The molecule has 1 saturated heterocycles. The van der Waals surface area contributed by atoms with Crippen molar-refractivity contribution in [2.45, 2.75) is 64.3 Å². The van der Waals surface area contributed by atoms with Crippen molar-refractivity contribution < 1.29 is 9.53 Å². The molecule has 2 heterocycles. The smallest absolute Gasteiger partial charge is 0.225 e. The lowest BCUT2D eigenvalue weighted by Gasteiger charge is -2.26. The molecule has 6 nitrogen and oxygen atoms in total. The second-order valence-corrected chi connectivity index (χ2v) is 8.80. The Morgan fingerprint density at radius 3 is 2.87 bits per heavy atom. The Morgan fingerprint density at radius 1 is 1.23 bits per heavy atom. The van der Waals surface area contributed by atoms with E-state index >= 15 is 0 Å². The van der Waals surface area contributed by atoms with Gasteiger partial charge in [-0.15, -0.1) is 24.0 Å². The molecule has 7 heteroatoms.